The van der Waals surface area contributed by atoms with E-state index in [0.29, 0.717) is 4.77 Å². The quantitative estimate of drug-likeness (QED) is 0.725. The largest absolute Gasteiger partial charge is 0.497 e. The van der Waals surface area contributed by atoms with Gasteiger partial charge in [-0.1, -0.05) is 18.2 Å². The maximum Gasteiger partial charge on any atom is 0.195 e. The molecule has 0 fully saturated rings. The number of H-pyrrole nitrogens is 1. The summed E-state index contributed by atoms with van der Waals surface area (Å²) in [5.74, 6) is 1.78. The first-order valence-corrected chi connectivity index (χ1v) is 7.89. The highest BCUT2D eigenvalue weighted by molar-refractivity contribution is 7.71. The standard InChI is InChI=1S/C15H15N3OS2/c1-19-12-5-2-4-11(10-12)7-8-18-14(16-17-15(18)20)13-6-3-9-21-13/h2-6,9-10H,7-8H2,1H3,(H,17,20). The zero-order chi connectivity index (χ0) is 14.7. The van der Waals surface area contributed by atoms with E-state index in [0.717, 1.165) is 29.4 Å². The average Bonchev–Trinajstić information content (AvgIpc) is 3.15. The van der Waals surface area contributed by atoms with Gasteiger partial charge in [-0.25, -0.2) is 0 Å². The smallest absolute Gasteiger partial charge is 0.195 e. The van der Waals surface area contributed by atoms with Crippen LogP contribution in [0.3, 0.4) is 0 Å². The lowest BCUT2D eigenvalue weighted by molar-refractivity contribution is 0.414. The third-order valence-electron chi connectivity index (χ3n) is 3.26. The number of nitrogens with zero attached hydrogens (tertiary/aromatic N) is 2. The second-order valence-electron chi connectivity index (χ2n) is 4.58. The number of hydrogen-bond acceptors (Lipinski definition) is 4. The fraction of sp³-hybridized carbons (Fsp3) is 0.200. The number of nitrogens with one attached hydrogen (secondary N) is 1. The minimum absolute atomic E-state index is 0.654. The van der Waals surface area contributed by atoms with Crippen LogP contribution in [0, 0.1) is 4.77 Å². The van der Waals surface area contributed by atoms with E-state index < -0.39 is 0 Å². The van der Waals surface area contributed by atoms with Crippen LogP contribution in [0.5, 0.6) is 5.75 Å². The van der Waals surface area contributed by atoms with Crippen molar-refractivity contribution in [2.24, 2.45) is 0 Å². The molecule has 3 rings (SSSR count). The van der Waals surface area contributed by atoms with Crippen molar-refractivity contribution in [3.63, 3.8) is 0 Å². The number of aromatic amines is 1. The van der Waals surface area contributed by atoms with Gasteiger partial charge in [-0.2, -0.15) is 5.10 Å². The van der Waals surface area contributed by atoms with Gasteiger partial charge in [-0.3, -0.25) is 9.67 Å². The Morgan fingerprint density at radius 2 is 2.24 bits per heavy atom. The predicted octanol–water partition coefficient (Wildman–Crippen LogP) is 3.92. The number of aromatic nitrogens is 3. The number of rotatable bonds is 5. The Kier molecular flexibility index (Phi) is 4.17. The van der Waals surface area contributed by atoms with Gasteiger partial charge in [-0.05, 0) is 47.8 Å². The summed E-state index contributed by atoms with van der Waals surface area (Å²) in [6.07, 6.45) is 0.878. The summed E-state index contributed by atoms with van der Waals surface area (Å²) < 4.78 is 7.95. The molecule has 0 saturated carbocycles. The van der Waals surface area contributed by atoms with Gasteiger partial charge in [0.2, 0.25) is 0 Å². The van der Waals surface area contributed by atoms with Crippen LogP contribution in [0.15, 0.2) is 41.8 Å². The van der Waals surface area contributed by atoms with Gasteiger partial charge in [0.25, 0.3) is 0 Å². The number of hydrogen-bond donors (Lipinski definition) is 1. The third-order valence-corrected chi connectivity index (χ3v) is 4.44. The van der Waals surface area contributed by atoms with Crippen molar-refractivity contribution < 1.29 is 4.74 Å². The summed E-state index contributed by atoms with van der Waals surface area (Å²) in [7, 11) is 1.68. The Hall–Kier alpha value is -1.92. The molecule has 0 atom stereocenters. The molecule has 0 aliphatic heterocycles. The van der Waals surface area contributed by atoms with Crippen LogP contribution in [0.25, 0.3) is 10.7 Å². The highest BCUT2D eigenvalue weighted by Gasteiger charge is 2.09. The van der Waals surface area contributed by atoms with Crippen LogP contribution in [-0.4, -0.2) is 21.9 Å². The van der Waals surface area contributed by atoms with Crippen LogP contribution in [-0.2, 0) is 13.0 Å². The van der Waals surface area contributed by atoms with Gasteiger partial charge in [0.15, 0.2) is 10.6 Å². The van der Waals surface area contributed by atoms with Gasteiger partial charge < -0.3 is 4.74 Å². The van der Waals surface area contributed by atoms with Crippen molar-refractivity contribution in [3.8, 4) is 16.5 Å². The monoisotopic (exact) mass is 317 g/mol. The van der Waals surface area contributed by atoms with Gasteiger partial charge in [0.1, 0.15) is 5.75 Å². The van der Waals surface area contributed by atoms with Crippen molar-refractivity contribution in [2.75, 3.05) is 7.11 Å². The van der Waals surface area contributed by atoms with Crippen molar-refractivity contribution in [2.45, 2.75) is 13.0 Å². The second kappa shape index (κ2) is 6.24. The van der Waals surface area contributed by atoms with Gasteiger partial charge >= 0.3 is 0 Å². The minimum Gasteiger partial charge on any atom is -0.497 e. The molecule has 0 aliphatic carbocycles. The Morgan fingerprint density at radius 1 is 1.33 bits per heavy atom. The molecule has 21 heavy (non-hydrogen) atoms. The maximum atomic E-state index is 5.34. The molecular weight excluding hydrogens is 302 g/mol. The Balaban J connectivity index is 1.82. The minimum atomic E-state index is 0.654. The van der Waals surface area contributed by atoms with Crippen LogP contribution in [0.1, 0.15) is 5.56 Å². The molecule has 0 radical (unpaired) electrons. The summed E-state index contributed by atoms with van der Waals surface area (Å²) in [6, 6.07) is 12.2. The van der Waals surface area contributed by atoms with E-state index in [1.165, 1.54) is 5.56 Å². The van der Waals surface area contributed by atoms with E-state index in [1.807, 2.05) is 28.1 Å². The van der Waals surface area contributed by atoms with Crippen LogP contribution in [0.2, 0.25) is 0 Å². The predicted molar refractivity (Wildman–Crippen MR) is 87.4 cm³/mol. The number of benzene rings is 1. The summed E-state index contributed by atoms with van der Waals surface area (Å²) >= 11 is 7.00. The van der Waals surface area contributed by atoms with Crippen molar-refractivity contribution in [1.82, 2.24) is 14.8 Å². The van der Waals surface area contributed by atoms with Crippen molar-refractivity contribution in [3.05, 3.63) is 52.1 Å². The lowest BCUT2D eigenvalue weighted by atomic mass is 10.1. The van der Waals surface area contributed by atoms with E-state index in [4.69, 9.17) is 17.0 Å². The second-order valence-corrected chi connectivity index (χ2v) is 5.92. The van der Waals surface area contributed by atoms with Gasteiger partial charge in [0, 0.05) is 6.54 Å². The van der Waals surface area contributed by atoms with Crippen LogP contribution in [0.4, 0.5) is 0 Å². The molecule has 0 unspecified atom stereocenters. The first-order chi connectivity index (χ1) is 10.3. The van der Waals surface area contributed by atoms with E-state index >= 15 is 0 Å². The van der Waals surface area contributed by atoms with Crippen LogP contribution < -0.4 is 4.74 Å². The molecule has 3 aromatic rings. The Bertz CT molecular complexity index is 774. The molecule has 0 bridgehead atoms. The fourth-order valence-electron chi connectivity index (χ4n) is 2.19. The Labute approximate surface area is 132 Å². The normalized spacial score (nSPS) is 10.7. The number of thiophene rings is 1. The van der Waals surface area contributed by atoms with Gasteiger partial charge in [0.05, 0.1) is 12.0 Å². The maximum absolute atomic E-state index is 5.34. The highest BCUT2D eigenvalue weighted by Crippen LogP contribution is 2.23. The summed E-state index contributed by atoms with van der Waals surface area (Å²) in [5.41, 5.74) is 1.22. The number of methoxy groups -OCH3 is 1. The van der Waals surface area contributed by atoms with E-state index in [-0.39, 0.29) is 0 Å². The van der Waals surface area contributed by atoms with Crippen molar-refractivity contribution in [1.29, 1.82) is 0 Å². The molecule has 0 spiro atoms. The molecular formula is C15H15N3OS2. The van der Waals surface area contributed by atoms with E-state index in [1.54, 1.807) is 18.4 Å². The SMILES string of the molecule is COc1cccc(CCn2c(-c3cccs3)n[nH]c2=S)c1. The zero-order valence-corrected chi connectivity index (χ0v) is 13.2. The summed E-state index contributed by atoms with van der Waals surface area (Å²) in [5, 5.41) is 9.26. The molecule has 2 heterocycles. The molecule has 2 aromatic heterocycles. The molecule has 4 nitrogen and oxygen atoms in total. The third kappa shape index (κ3) is 3.06. The molecule has 1 N–H and O–H groups in total. The summed E-state index contributed by atoms with van der Waals surface area (Å²) in [6.45, 7) is 0.787. The number of aryl methyl sites for hydroxylation is 1. The van der Waals surface area contributed by atoms with Crippen molar-refractivity contribution >= 4 is 23.6 Å². The number of ether oxygens (including phenoxy) is 1. The lowest BCUT2D eigenvalue weighted by Gasteiger charge is -2.07. The molecule has 0 amide bonds. The van der Waals surface area contributed by atoms with E-state index in [2.05, 4.69) is 28.4 Å². The topological polar surface area (TPSA) is 42.8 Å². The first kappa shape index (κ1) is 14.0. The summed E-state index contributed by atoms with van der Waals surface area (Å²) in [4.78, 5) is 1.12. The highest BCUT2D eigenvalue weighted by atomic mass is 32.1. The van der Waals surface area contributed by atoms with E-state index in [9.17, 15) is 0 Å². The first-order valence-electron chi connectivity index (χ1n) is 6.60. The van der Waals surface area contributed by atoms with Gasteiger partial charge in [-0.15, -0.1) is 11.3 Å². The fourth-order valence-corrected chi connectivity index (χ4v) is 3.13. The van der Waals surface area contributed by atoms with Crippen LogP contribution >= 0.6 is 23.6 Å². The Morgan fingerprint density at radius 3 is 3.00 bits per heavy atom. The molecule has 6 heteroatoms. The zero-order valence-electron chi connectivity index (χ0n) is 11.6. The molecule has 0 saturated heterocycles. The molecule has 1 aromatic carbocycles. The molecule has 0 aliphatic rings. The lowest BCUT2D eigenvalue weighted by Crippen LogP contribution is -2.03. The average molecular weight is 317 g/mol. The molecule has 108 valence electrons.